The first-order valence-electron chi connectivity index (χ1n) is 9.50. The van der Waals surface area contributed by atoms with Crippen molar-refractivity contribution in [2.45, 2.75) is 32.4 Å². The summed E-state index contributed by atoms with van der Waals surface area (Å²) >= 11 is 6.01. The molecule has 3 heterocycles. The number of aryl methyl sites for hydroxylation is 1. The fourth-order valence-electron chi connectivity index (χ4n) is 4.18. The van der Waals surface area contributed by atoms with Crippen LogP contribution in [-0.4, -0.2) is 65.1 Å². The van der Waals surface area contributed by atoms with Gasteiger partial charge in [-0.2, -0.15) is 0 Å². The average Bonchev–Trinajstić information content (AvgIpc) is 2.67. The van der Waals surface area contributed by atoms with Crippen LogP contribution in [0.25, 0.3) is 11.3 Å². The molecule has 0 amide bonds. The van der Waals surface area contributed by atoms with Gasteiger partial charge in [-0.05, 0) is 49.7 Å². The molecule has 2 aromatic rings. The number of piperidine rings is 1. The maximum absolute atomic E-state index is 10.3. The van der Waals surface area contributed by atoms with Crippen LogP contribution in [0.5, 0.6) is 5.75 Å². The van der Waals surface area contributed by atoms with Crippen LogP contribution < -0.4 is 4.90 Å². The Morgan fingerprint density at radius 1 is 1.26 bits per heavy atom. The van der Waals surface area contributed by atoms with Crippen LogP contribution in [0.2, 0.25) is 5.02 Å². The fraction of sp³-hybridized carbons (Fsp3) is 0.500. The summed E-state index contributed by atoms with van der Waals surface area (Å²) in [5.41, 5.74) is 2.20. The second-order valence-electron chi connectivity index (χ2n) is 7.25. The highest BCUT2D eigenvalue weighted by Gasteiger charge is 2.37. The second-order valence-corrected chi connectivity index (χ2v) is 7.68. The van der Waals surface area contributed by atoms with Gasteiger partial charge >= 0.3 is 0 Å². The summed E-state index contributed by atoms with van der Waals surface area (Å²) < 4.78 is 6.00. The zero-order valence-corrected chi connectivity index (χ0v) is 16.5. The third-order valence-electron chi connectivity index (χ3n) is 5.60. The van der Waals surface area contributed by atoms with Gasteiger partial charge in [-0.15, -0.1) is 10.2 Å². The average molecular weight is 389 g/mol. The Morgan fingerprint density at radius 3 is 2.81 bits per heavy atom. The van der Waals surface area contributed by atoms with E-state index in [1.165, 1.54) is 6.07 Å². The minimum atomic E-state index is 0.124. The molecule has 0 radical (unpaired) electrons. The van der Waals surface area contributed by atoms with E-state index >= 15 is 0 Å². The van der Waals surface area contributed by atoms with E-state index in [1.807, 2.05) is 25.1 Å². The third-order valence-corrected chi connectivity index (χ3v) is 5.81. The number of aromatic hydroxyl groups is 1. The number of morpholine rings is 1. The molecule has 0 bridgehead atoms. The number of likely N-dealkylation sites (N-methyl/N-ethyl adjacent to an activating group) is 1. The molecule has 6 nitrogen and oxygen atoms in total. The molecule has 2 atom stereocenters. The lowest BCUT2D eigenvalue weighted by Crippen LogP contribution is -2.60. The van der Waals surface area contributed by atoms with Gasteiger partial charge in [0, 0.05) is 30.2 Å². The number of likely N-dealkylation sites (tertiary alicyclic amines) is 1. The molecule has 0 aliphatic carbocycles. The maximum Gasteiger partial charge on any atom is 0.151 e. The molecule has 1 N–H and O–H groups in total. The van der Waals surface area contributed by atoms with Gasteiger partial charge in [0.25, 0.3) is 0 Å². The molecule has 2 fully saturated rings. The summed E-state index contributed by atoms with van der Waals surface area (Å²) in [6.07, 6.45) is 1.31. The zero-order valence-electron chi connectivity index (χ0n) is 15.7. The number of hydrogen-bond donors (Lipinski definition) is 1. The maximum atomic E-state index is 10.3. The van der Waals surface area contributed by atoms with Crippen molar-refractivity contribution in [1.29, 1.82) is 0 Å². The lowest BCUT2D eigenvalue weighted by atomic mass is 9.98. The molecular weight excluding hydrogens is 364 g/mol. The van der Waals surface area contributed by atoms with E-state index in [-0.39, 0.29) is 11.9 Å². The lowest BCUT2D eigenvalue weighted by molar-refractivity contribution is -0.0282. The van der Waals surface area contributed by atoms with E-state index in [1.54, 1.807) is 0 Å². The van der Waals surface area contributed by atoms with Crippen molar-refractivity contribution < 1.29 is 9.84 Å². The van der Waals surface area contributed by atoms with E-state index in [0.29, 0.717) is 28.9 Å². The van der Waals surface area contributed by atoms with Gasteiger partial charge in [0.05, 0.1) is 24.4 Å². The van der Waals surface area contributed by atoms with Crippen LogP contribution in [0.1, 0.15) is 18.9 Å². The largest absolute Gasteiger partial charge is 0.507 e. The van der Waals surface area contributed by atoms with Crippen LogP contribution in [0.4, 0.5) is 5.82 Å². The molecule has 27 heavy (non-hydrogen) atoms. The van der Waals surface area contributed by atoms with E-state index in [4.69, 9.17) is 16.3 Å². The van der Waals surface area contributed by atoms with Crippen molar-refractivity contribution in [1.82, 2.24) is 15.1 Å². The number of anilines is 1. The predicted molar refractivity (Wildman–Crippen MR) is 106 cm³/mol. The Labute approximate surface area is 164 Å². The SMILES string of the molecule is CCN1CC[C@H]2OCCN(c3ccc(-c4c(C)cc(Cl)cc4O)nn3)[C@H]2C1. The Balaban J connectivity index is 1.60. The van der Waals surface area contributed by atoms with E-state index in [2.05, 4.69) is 26.9 Å². The smallest absolute Gasteiger partial charge is 0.151 e. The predicted octanol–water partition coefficient (Wildman–Crippen LogP) is 3.11. The molecule has 2 aliphatic rings. The minimum Gasteiger partial charge on any atom is -0.507 e. The highest BCUT2D eigenvalue weighted by Crippen LogP contribution is 2.34. The summed E-state index contributed by atoms with van der Waals surface area (Å²) in [4.78, 5) is 4.78. The van der Waals surface area contributed by atoms with Crippen molar-refractivity contribution in [2.24, 2.45) is 0 Å². The highest BCUT2D eigenvalue weighted by atomic mass is 35.5. The number of benzene rings is 1. The Morgan fingerprint density at radius 2 is 2.11 bits per heavy atom. The standard InChI is InChI=1S/C20H25ClN4O2/c1-3-24-7-6-18-16(12-24)25(8-9-27-18)19-5-4-15(22-23-19)20-13(2)10-14(21)11-17(20)26/h4-5,10-11,16,18,26H,3,6-9,12H2,1-2H3/t16-,18+/m0/s1. The van der Waals surface area contributed by atoms with Gasteiger partial charge in [-0.25, -0.2) is 0 Å². The Hall–Kier alpha value is -1.89. The van der Waals surface area contributed by atoms with Crippen LogP contribution in [0.3, 0.4) is 0 Å². The summed E-state index contributed by atoms with van der Waals surface area (Å²) in [6.45, 7) is 8.77. The summed E-state index contributed by atoms with van der Waals surface area (Å²) in [5.74, 6) is 0.987. The number of phenolic OH excluding ortho intramolecular Hbond substituents is 1. The Kier molecular flexibility index (Phi) is 5.21. The second kappa shape index (κ2) is 7.62. The van der Waals surface area contributed by atoms with Crippen molar-refractivity contribution in [2.75, 3.05) is 37.7 Å². The molecule has 1 aromatic heterocycles. The molecule has 0 saturated carbocycles. The molecule has 7 heteroatoms. The summed E-state index contributed by atoms with van der Waals surface area (Å²) in [6, 6.07) is 7.57. The number of rotatable bonds is 3. The van der Waals surface area contributed by atoms with Crippen molar-refractivity contribution in [3.63, 3.8) is 0 Å². The van der Waals surface area contributed by atoms with Crippen molar-refractivity contribution >= 4 is 17.4 Å². The molecule has 2 saturated heterocycles. The molecule has 1 aromatic carbocycles. The molecule has 4 rings (SSSR count). The summed E-state index contributed by atoms with van der Waals surface area (Å²) in [7, 11) is 0. The van der Waals surface area contributed by atoms with Gasteiger partial charge in [0.1, 0.15) is 5.75 Å². The third kappa shape index (κ3) is 3.61. The Bertz CT molecular complexity index is 791. The van der Waals surface area contributed by atoms with Crippen LogP contribution in [0, 0.1) is 6.92 Å². The first-order chi connectivity index (χ1) is 13.1. The number of ether oxygens (including phenoxy) is 1. The molecule has 0 spiro atoms. The van der Waals surface area contributed by atoms with Gasteiger partial charge in [-0.3, -0.25) is 0 Å². The van der Waals surface area contributed by atoms with Crippen molar-refractivity contribution in [3.8, 4) is 17.0 Å². The first-order valence-corrected chi connectivity index (χ1v) is 9.88. The van der Waals surface area contributed by atoms with Gasteiger partial charge < -0.3 is 19.6 Å². The van der Waals surface area contributed by atoms with E-state index in [9.17, 15) is 5.11 Å². The van der Waals surface area contributed by atoms with E-state index in [0.717, 1.165) is 44.0 Å². The van der Waals surface area contributed by atoms with Crippen molar-refractivity contribution in [3.05, 3.63) is 34.9 Å². The first kappa shape index (κ1) is 18.5. The number of halogens is 1. The molecule has 2 aliphatic heterocycles. The van der Waals surface area contributed by atoms with E-state index < -0.39 is 0 Å². The van der Waals surface area contributed by atoms with Crippen LogP contribution in [0.15, 0.2) is 24.3 Å². The van der Waals surface area contributed by atoms with Gasteiger partial charge in [-0.1, -0.05) is 18.5 Å². The number of aromatic nitrogens is 2. The summed E-state index contributed by atoms with van der Waals surface area (Å²) in [5, 5.41) is 19.7. The number of hydrogen-bond acceptors (Lipinski definition) is 6. The number of phenols is 1. The fourth-order valence-corrected chi connectivity index (χ4v) is 4.45. The molecule has 0 unspecified atom stereocenters. The topological polar surface area (TPSA) is 61.7 Å². The normalized spacial score (nSPS) is 23.3. The quantitative estimate of drug-likeness (QED) is 0.871. The monoisotopic (exact) mass is 388 g/mol. The lowest BCUT2D eigenvalue weighted by Gasteiger charge is -2.47. The molecular formula is C20H25ClN4O2. The number of nitrogens with zero attached hydrogens (tertiary/aromatic N) is 4. The number of fused-ring (bicyclic) bond motifs is 1. The minimum absolute atomic E-state index is 0.124. The molecule has 144 valence electrons. The highest BCUT2D eigenvalue weighted by molar-refractivity contribution is 6.31. The van der Waals surface area contributed by atoms with Crippen LogP contribution in [-0.2, 0) is 4.74 Å². The van der Waals surface area contributed by atoms with Crippen LogP contribution >= 0.6 is 11.6 Å². The zero-order chi connectivity index (χ0) is 19.0. The van der Waals surface area contributed by atoms with Gasteiger partial charge in [0.15, 0.2) is 5.82 Å². The van der Waals surface area contributed by atoms with Gasteiger partial charge in [0.2, 0.25) is 0 Å².